The minimum Gasteiger partial charge on any atom is -0.291 e. The van der Waals surface area contributed by atoms with Crippen molar-refractivity contribution in [2.45, 2.75) is 31.3 Å². The van der Waals surface area contributed by atoms with E-state index >= 15 is 0 Å². The molecule has 1 spiro atoms. The van der Waals surface area contributed by atoms with Crippen molar-refractivity contribution < 1.29 is 19.2 Å². The van der Waals surface area contributed by atoms with Crippen LogP contribution in [0.2, 0.25) is 5.02 Å². The molecule has 0 saturated carbocycles. The number of benzene rings is 2. The predicted octanol–water partition coefficient (Wildman–Crippen LogP) is 3.05. The van der Waals surface area contributed by atoms with Gasteiger partial charge in [-0.1, -0.05) is 41.9 Å². The van der Waals surface area contributed by atoms with Crippen molar-refractivity contribution in [3.05, 3.63) is 64.2 Å². The molecule has 6 nitrogen and oxygen atoms in total. The molecular formula is C24H19ClN2O4. The Labute approximate surface area is 183 Å². The number of anilines is 1. The van der Waals surface area contributed by atoms with Crippen LogP contribution in [0, 0.1) is 18.8 Å². The van der Waals surface area contributed by atoms with Gasteiger partial charge in [0.1, 0.15) is 0 Å². The van der Waals surface area contributed by atoms with Crippen LogP contribution in [0.5, 0.6) is 0 Å². The Morgan fingerprint density at radius 3 is 2.32 bits per heavy atom. The monoisotopic (exact) mass is 434 g/mol. The van der Waals surface area contributed by atoms with Gasteiger partial charge in [-0.25, -0.2) is 4.90 Å². The average Bonchev–Trinajstić information content (AvgIpc) is 3.45. The zero-order valence-electron chi connectivity index (χ0n) is 16.8. The lowest BCUT2D eigenvalue weighted by molar-refractivity contribution is -0.124. The molecule has 1 aliphatic carbocycles. The first-order chi connectivity index (χ1) is 14.9. The third kappa shape index (κ3) is 2.07. The molecule has 3 atom stereocenters. The largest absolute Gasteiger partial charge is 0.291 e. The smallest absolute Gasteiger partial charge is 0.240 e. The van der Waals surface area contributed by atoms with Gasteiger partial charge in [-0.05, 0) is 44.0 Å². The van der Waals surface area contributed by atoms with E-state index in [1.54, 1.807) is 49.4 Å². The molecule has 0 aromatic heterocycles. The van der Waals surface area contributed by atoms with E-state index in [1.165, 1.54) is 0 Å². The average molecular weight is 435 g/mol. The van der Waals surface area contributed by atoms with Gasteiger partial charge in [0.2, 0.25) is 11.8 Å². The first-order valence-corrected chi connectivity index (χ1v) is 10.9. The van der Waals surface area contributed by atoms with Crippen molar-refractivity contribution >= 4 is 40.7 Å². The maximum Gasteiger partial charge on any atom is 0.240 e. The van der Waals surface area contributed by atoms with Crippen molar-refractivity contribution in [1.29, 1.82) is 0 Å². The number of halogens is 1. The molecular weight excluding hydrogens is 416 g/mol. The normalized spacial score (nSPS) is 28.6. The van der Waals surface area contributed by atoms with Gasteiger partial charge >= 0.3 is 0 Å². The van der Waals surface area contributed by atoms with Gasteiger partial charge in [0.25, 0.3) is 0 Å². The van der Waals surface area contributed by atoms with E-state index in [0.29, 0.717) is 34.8 Å². The Balaban J connectivity index is 1.56. The molecule has 4 aliphatic rings. The summed E-state index contributed by atoms with van der Waals surface area (Å²) in [5.41, 5.74) is 0.222. The Bertz CT molecular complexity index is 1190. The number of aryl methyl sites for hydroxylation is 1. The summed E-state index contributed by atoms with van der Waals surface area (Å²) in [6.45, 7) is 2.33. The second-order valence-electron chi connectivity index (χ2n) is 8.82. The lowest BCUT2D eigenvalue weighted by Gasteiger charge is -2.35. The summed E-state index contributed by atoms with van der Waals surface area (Å²) in [6.07, 6.45) is 1.46. The highest BCUT2D eigenvalue weighted by molar-refractivity contribution is 6.38. The molecule has 7 heteroatoms. The fourth-order valence-corrected chi connectivity index (χ4v) is 6.46. The minimum atomic E-state index is -1.62. The summed E-state index contributed by atoms with van der Waals surface area (Å²) in [6, 6.07) is 11.5. The number of hydrogen-bond donors (Lipinski definition) is 0. The van der Waals surface area contributed by atoms with Crippen LogP contribution < -0.4 is 4.90 Å². The van der Waals surface area contributed by atoms with Gasteiger partial charge in [-0.3, -0.25) is 24.1 Å². The van der Waals surface area contributed by atoms with Crippen molar-refractivity contribution in [3.8, 4) is 0 Å². The first kappa shape index (κ1) is 18.9. The second-order valence-corrected chi connectivity index (χ2v) is 9.26. The molecule has 2 aromatic carbocycles. The standard InChI is InChI=1S/C24H19ClN2O4/c1-12-8-9-13(25)11-17(12)27-22(30)18-16-7-4-10-26(16)24(19(18)23(27)31)20(28)14-5-2-3-6-15(14)21(24)29/h2-3,5-6,8-9,11,16,18-19H,4,7,10H2,1H3/t16-,18+,19+/m0/s1. The number of Topliss-reactive ketones (excluding diaryl/α,β-unsaturated/α-hetero) is 2. The number of nitrogens with zero attached hydrogens (tertiary/aromatic N) is 2. The molecule has 3 saturated heterocycles. The zero-order valence-corrected chi connectivity index (χ0v) is 17.6. The van der Waals surface area contributed by atoms with Crippen molar-refractivity contribution in [2.75, 3.05) is 11.4 Å². The third-order valence-electron chi connectivity index (χ3n) is 7.49. The number of rotatable bonds is 1. The van der Waals surface area contributed by atoms with Crippen molar-refractivity contribution in [3.63, 3.8) is 0 Å². The number of hydrogen-bond acceptors (Lipinski definition) is 5. The van der Waals surface area contributed by atoms with Gasteiger partial charge in [-0.2, -0.15) is 0 Å². The number of amides is 2. The molecule has 6 rings (SSSR count). The molecule has 2 aromatic rings. The van der Waals surface area contributed by atoms with Crippen molar-refractivity contribution in [1.82, 2.24) is 4.90 Å². The molecule has 3 heterocycles. The topological polar surface area (TPSA) is 74.8 Å². The maximum atomic E-state index is 13.8. The highest BCUT2D eigenvalue weighted by atomic mass is 35.5. The highest BCUT2D eigenvalue weighted by Crippen LogP contribution is 2.57. The van der Waals surface area contributed by atoms with E-state index in [2.05, 4.69) is 0 Å². The molecule has 0 unspecified atom stereocenters. The number of imide groups is 1. The number of ketones is 2. The number of carbonyl (C=O) groups is 4. The van der Waals surface area contributed by atoms with Crippen LogP contribution in [0.25, 0.3) is 0 Å². The molecule has 0 bridgehead atoms. The number of fused-ring (bicyclic) bond motifs is 6. The van der Waals surface area contributed by atoms with E-state index in [1.807, 2.05) is 4.90 Å². The van der Waals surface area contributed by atoms with Gasteiger partial charge in [0, 0.05) is 22.2 Å². The van der Waals surface area contributed by atoms with Crippen LogP contribution in [0.4, 0.5) is 5.69 Å². The summed E-state index contributed by atoms with van der Waals surface area (Å²) in [4.78, 5) is 58.0. The lowest BCUT2D eigenvalue weighted by atomic mass is 9.76. The maximum absolute atomic E-state index is 13.8. The van der Waals surface area contributed by atoms with Crippen LogP contribution in [-0.2, 0) is 9.59 Å². The summed E-state index contributed by atoms with van der Waals surface area (Å²) in [5.74, 6) is -3.25. The molecule has 0 N–H and O–H groups in total. The predicted molar refractivity (Wildman–Crippen MR) is 113 cm³/mol. The summed E-state index contributed by atoms with van der Waals surface area (Å²) >= 11 is 6.16. The Kier molecular flexibility index (Phi) is 3.73. The van der Waals surface area contributed by atoms with Crippen LogP contribution in [0.15, 0.2) is 42.5 Å². The van der Waals surface area contributed by atoms with Gasteiger partial charge in [0.05, 0.1) is 17.5 Å². The second kappa shape index (κ2) is 6.11. The SMILES string of the molecule is Cc1ccc(Cl)cc1N1C(=O)[C@@H]2[C@@H]3CCCN3C3(C(=O)c4ccccc4C3=O)[C@H]2C1=O. The van der Waals surface area contributed by atoms with E-state index in [4.69, 9.17) is 11.6 Å². The van der Waals surface area contributed by atoms with Crippen molar-refractivity contribution in [2.24, 2.45) is 11.8 Å². The van der Waals surface area contributed by atoms with E-state index in [-0.39, 0.29) is 23.5 Å². The zero-order chi connectivity index (χ0) is 21.7. The highest BCUT2D eigenvalue weighted by Gasteiger charge is 2.76. The first-order valence-electron chi connectivity index (χ1n) is 10.5. The summed E-state index contributed by atoms with van der Waals surface area (Å²) in [5, 5.41) is 0.413. The quantitative estimate of drug-likeness (QED) is 0.509. The Hall–Kier alpha value is -2.83. The van der Waals surface area contributed by atoms with Gasteiger partial charge in [-0.15, -0.1) is 0 Å². The molecule has 3 aliphatic heterocycles. The Morgan fingerprint density at radius 1 is 0.968 bits per heavy atom. The van der Waals surface area contributed by atoms with E-state index in [9.17, 15) is 19.2 Å². The molecule has 31 heavy (non-hydrogen) atoms. The molecule has 156 valence electrons. The summed E-state index contributed by atoms with van der Waals surface area (Å²) < 4.78 is 0. The van der Waals surface area contributed by atoms with Gasteiger partial charge in [0.15, 0.2) is 17.1 Å². The van der Waals surface area contributed by atoms with E-state index in [0.717, 1.165) is 16.9 Å². The molecule has 3 fully saturated rings. The lowest BCUT2D eigenvalue weighted by Crippen LogP contribution is -2.59. The molecule has 2 amide bonds. The minimum absolute atomic E-state index is 0.298. The van der Waals surface area contributed by atoms with Crippen LogP contribution in [0.1, 0.15) is 39.1 Å². The molecule has 0 radical (unpaired) electrons. The van der Waals surface area contributed by atoms with Crippen LogP contribution in [0.3, 0.4) is 0 Å². The third-order valence-corrected chi connectivity index (χ3v) is 7.72. The van der Waals surface area contributed by atoms with E-state index < -0.39 is 23.3 Å². The summed E-state index contributed by atoms with van der Waals surface area (Å²) in [7, 11) is 0. The van der Waals surface area contributed by atoms with Gasteiger partial charge < -0.3 is 0 Å². The van der Waals surface area contributed by atoms with Crippen LogP contribution >= 0.6 is 11.6 Å². The van der Waals surface area contributed by atoms with Crippen LogP contribution in [-0.4, -0.2) is 46.4 Å². The number of carbonyl (C=O) groups excluding carboxylic acids is 4. The fourth-order valence-electron chi connectivity index (χ4n) is 6.30. The fraction of sp³-hybridized carbons (Fsp3) is 0.333. The Morgan fingerprint density at radius 2 is 1.65 bits per heavy atom.